The molecule has 0 aliphatic heterocycles. The van der Waals surface area contributed by atoms with Gasteiger partial charge in [0.15, 0.2) is 0 Å². The molecular formula is C12H20O2. The van der Waals surface area contributed by atoms with E-state index in [1.54, 1.807) is 0 Å². The third kappa shape index (κ3) is 2.35. The number of carbonyl (C=O) groups excluding carboxylic acids is 1. The highest BCUT2D eigenvalue weighted by atomic mass is 16.5. The molecule has 2 fully saturated rings. The second-order valence-electron chi connectivity index (χ2n) is 5.06. The van der Waals surface area contributed by atoms with Crippen LogP contribution in [-0.2, 0) is 9.53 Å². The Labute approximate surface area is 86.0 Å². The number of hydrogen-bond acceptors (Lipinski definition) is 2. The highest BCUT2D eigenvalue weighted by Crippen LogP contribution is 2.35. The van der Waals surface area contributed by atoms with Crippen LogP contribution in [0.15, 0.2) is 0 Å². The molecule has 2 nitrogen and oxygen atoms in total. The Balaban J connectivity index is 1.94. The fourth-order valence-corrected chi connectivity index (χ4v) is 2.35. The molecule has 2 aliphatic rings. The van der Waals surface area contributed by atoms with Crippen LogP contribution in [0, 0.1) is 11.8 Å². The summed E-state index contributed by atoms with van der Waals surface area (Å²) in [5.74, 6) is 1.65. The van der Waals surface area contributed by atoms with Gasteiger partial charge < -0.3 is 4.74 Å². The van der Waals surface area contributed by atoms with E-state index in [1.807, 2.05) is 0 Å². The first kappa shape index (κ1) is 10.2. The zero-order chi connectivity index (χ0) is 10.1. The average Bonchev–Trinajstić information content (AvgIpc) is 2.87. The highest BCUT2D eigenvalue weighted by molar-refractivity contribution is 5.79. The predicted octanol–water partition coefficient (Wildman–Crippen LogP) is 2.56. The van der Waals surface area contributed by atoms with Crippen molar-refractivity contribution in [1.82, 2.24) is 0 Å². The van der Waals surface area contributed by atoms with Crippen molar-refractivity contribution >= 4 is 5.78 Å². The lowest BCUT2D eigenvalue weighted by Crippen LogP contribution is -2.35. The summed E-state index contributed by atoms with van der Waals surface area (Å²) >= 11 is 0. The third-order valence-electron chi connectivity index (χ3n) is 3.41. The molecule has 0 bridgehead atoms. The lowest BCUT2D eigenvalue weighted by Gasteiger charge is -2.33. The largest absolute Gasteiger partial charge is 0.374 e. The lowest BCUT2D eigenvalue weighted by atomic mass is 9.79. The van der Waals surface area contributed by atoms with Gasteiger partial charge in [-0.05, 0) is 31.1 Å². The van der Waals surface area contributed by atoms with E-state index in [0.717, 1.165) is 12.8 Å². The molecule has 2 rings (SSSR count). The van der Waals surface area contributed by atoms with Crippen LogP contribution >= 0.6 is 0 Å². The standard InChI is InChI=1S/C12H20O2/c1-8(2)11-6-3-9(13)7-12(11)14-10-4-5-10/h8,10-12H,3-7H2,1-2H3. The van der Waals surface area contributed by atoms with Crippen LogP contribution in [0.2, 0.25) is 0 Å². The van der Waals surface area contributed by atoms with Gasteiger partial charge in [-0.1, -0.05) is 13.8 Å². The maximum Gasteiger partial charge on any atom is 0.135 e. The van der Waals surface area contributed by atoms with Gasteiger partial charge in [-0.25, -0.2) is 0 Å². The number of ether oxygens (including phenoxy) is 1. The molecule has 2 aliphatic carbocycles. The molecular weight excluding hydrogens is 176 g/mol. The zero-order valence-electron chi connectivity index (χ0n) is 9.16. The Morgan fingerprint density at radius 3 is 2.57 bits per heavy atom. The summed E-state index contributed by atoms with van der Waals surface area (Å²) < 4.78 is 5.93. The third-order valence-corrected chi connectivity index (χ3v) is 3.41. The van der Waals surface area contributed by atoms with Gasteiger partial charge in [-0.3, -0.25) is 4.79 Å². The topological polar surface area (TPSA) is 26.3 Å². The molecule has 0 N–H and O–H groups in total. The van der Waals surface area contributed by atoms with Crippen LogP contribution < -0.4 is 0 Å². The summed E-state index contributed by atoms with van der Waals surface area (Å²) in [5, 5.41) is 0. The van der Waals surface area contributed by atoms with E-state index in [1.165, 1.54) is 12.8 Å². The van der Waals surface area contributed by atoms with Crippen molar-refractivity contribution in [2.24, 2.45) is 11.8 Å². The molecule has 0 aromatic carbocycles. The molecule has 0 aromatic rings. The van der Waals surface area contributed by atoms with Crippen molar-refractivity contribution in [3.05, 3.63) is 0 Å². The van der Waals surface area contributed by atoms with E-state index in [0.29, 0.717) is 30.1 Å². The number of rotatable bonds is 3. The van der Waals surface area contributed by atoms with Crippen molar-refractivity contribution in [2.45, 2.75) is 58.2 Å². The first-order chi connectivity index (χ1) is 6.66. The fourth-order valence-electron chi connectivity index (χ4n) is 2.35. The minimum absolute atomic E-state index is 0.226. The molecule has 80 valence electrons. The normalized spacial score (nSPS) is 33.8. The van der Waals surface area contributed by atoms with E-state index in [-0.39, 0.29) is 6.10 Å². The van der Waals surface area contributed by atoms with E-state index in [4.69, 9.17) is 4.74 Å². The molecule has 0 amide bonds. The molecule has 0 aromatic heterocycles. The van der Waals surface area contributed by atoms with Crippen molar-refractivity contribution in [3.63, 3.8) is 0 Å². The van der Waals surface area contributed by atoms with Gasteiger partial charge in [0.05, 0.1) is 12.2 Å². The zero-order valence-corrected chi connectivity index (χ0v) is 9.16. The monoisotopic (exact) mass is 196 g/mol. The maximum atomic E-state index is 11.4. The Bertz CT molecular complexity index is 218. The number of Topliss-reactive ketones (excluding diaryl/α,β-unsaturated/α-hetero) is 1. The summed E-state index contributed by atoms with van der Waals surface area (Å²) in [6.07, 6.45) is 5.59. The summed E-state index contributed by atoms with van der Waals surface area (Å²) in [5.41, 5.74) is 0. The Hall–Kier alpha value is -0.370. The summed E-state index contributed by atoms with van der Waals surface area (Å²) in [4.78, 5) is 11.4. The van der Waals surface area contributed by atoms with Crippen LogP contribution in [0.5, 0.6) is 0 Å². The molecule has 0 radical (unpaired) electrons. The minimum Gasteiger partial charge on any atom is -0.374 e. The Morgan fingerprint density at radius 2 is 2.00 bits per heavy atom. The van der Waals surface area contributed by atoms with Gasteiger partial charge in [0.25, 0.3) is 0 Å². The summed E-state index contributed by atoms with van der Waals surface area (Å²) in [6, 6.07) is 0. The highest BCUT2D eigenvalue weighted by Gasteiger charge is 2.36. The van der Waals surface area contributed by atoms with Crippen LogP contribution in [0.3, 0.4) is 0 Å². The van der Waals surface area contributed by atoms with Crippen molar-refractivity contribution in [2.75, 3.05) is 0 Å². The molecule has 2 saturated carbocycles. The summed E-state index contributed by atoms with van der Waals surface area (Å²) in [6.45, 7) is 4.48. The van der Waals surface area contributed by atoms with Crippen LogP contribution in [0.4, 0.5) is 0 Å². The summed E-state index contributed by atoms with van der Waals surface area (Å²) in [7, 11) is 0. The maximum absolute atomic E-state index is 11.4. The van der Waals surface area contributed by atoms with E-state index in [9.17, 15) is 4.79 Å². The number of carbonyl (C=O) groups is 1. The van der Waals surface area contributed by atoms with Gasteiger partial charge >= 0.3 is 0 Å². The second kappa shape index (κ2) is 4.01. The molecule has 14 heavy (non-hydrogen) atoms. The fraction of sp³-hybridized carbons (Fsp3) is 0.917. The molecule has 0 spiro atoms. The number of ketones is 1. The average molecular weight is 196 g/mol. The Morgan fingerprint density at radius 1 is 1.29 bits per heavy atom. The van der Waals surface area contributed by atoms with Crippen molar-refractivity contribution < 1.29 is 9.53 Å². The van der Waals surface area contributed by atoms with Crippen LogP contribution in [0.25, 0.3) is 0 Å². The SMILES string of the molecule is CC(C)C1CCC(=O)CC1OC1CC1. The van der Waals surface area contributed by atoms with E-state index < -0.39 is 0 Å². The van der Waals surface area contributed by atoms with Gasteiger partial charge in [-0.15, -0.1) is 0 Å². The first-order valence-corrected chi connectivity index (χ1v) is 5.84. The molecule has 2 heteroatoms. The number of hydrogen-bond donors (Lipinski definition) is 0. The smallest absolute Gasteiger partial charge is 0.135 e. The van der Waals surface area contributed by atoms with Crippen molar-refractivity contribution in [1.29, 1.82) is 0 Å². The van der Waals surface area contributed by atoms with E-state index >= 15 is 0 Å². The predicted molar refractivity (Wildman–Crippen MR) is 55.1 cm³/mol. The molecule has 2 unspecified atom stereocenters. The first-order valence-electron chi connectivity index (χ1n) is 5.84. The molecule has 0 saturated heterocycles. The van der Waals surface area contributed by atoms with Crippen LogP contribution in [0.1, 0.15) is 46.0 Å². The van der Waals surface area contributed by atoms with Crippen LogP contribution in [-0.4, -0.2) is 18.0 Å². The minimum atomic E-state index is 0.226. The quantitative estimate of drug-likeness (QED) is 0.693. The van der Waals surface area contributed by atoms with Gasteiger partial charge in [0.2, 0.25) is 0 Å². The molecule has 0 heterocycles. The van der Waals surface area contributed by atoms with E-state index in [2.05, 4.69) is 13.8 Å². The Kier molecular flexibility index (Phi) is 2.91. The second-order valence-corrected chi connectivity index (χ2v) is 5.06. The van der Waals surface area contributed by atoms with Gasteiger partial charge in [-0.2, -0.15) is 0 Å². The molecule has 2 atom stereocenters. The van der Waals surface area contributed by atoms with Crippen molar-refractivity contribution in [3.8, 4) is 0 Å². The van der Waals surface area contributed by atoms with Gasteiger partial charge in [0, 0.05) is 12.8 Å². The van der Waals surface area contributed by atoms with Gasteiger partial charge in [0.1, 0.15) is 5.78 Å². The lowest BCUT2D eigenvalue weighted by molar-refractivity contribution is -0.129.